The maximum Gasteiger partial charge on any atom is 0.205 e. The number of hydrogen-bond acceptors (Lipinski definition) is 5. The van der Waals surface area contributed by atoms with E-state index in [2.05, 4.69) is 18.1 Å². The fraction of sp³-hybridized carbons (Fsp3) is 0.500. The van der Waals surface area contributed by atoms with E-state index in [-0.39, 0.29) is 17.1 Å². The van der Waals surface area contributed by atoms with E-state index >= 15 is 0 Å². The van der Waals surface area contributed by atoms with Gasteiger partial charge in [0, 0.05) is 31.2 Å². The van der Waals surface area contributed by atoms with Gasteiger partial charge in [-0.2, -0.15) is 10.4 Å². The third-order valence-electron chi connectivity index (χ3n) is 4.56. The van der Waals surface area contributed by atoms with E-state index in [1.54, 1.807) is 6.20 Å². The lowest BCUT2D eigenvalue weighted by Crippen LogP contribution is -2.34. The highest BCUT2D eigenvalue weighted by Crippen LogP contribution is 2.47. The number of aryl methyl sites for hydroxylation is 1. The average molecular weight is 326 g/mol. The third kappa shape index (κ3) is 2.60. The van der Waals surface area contributed by atoms with Crippen molar-refractivity contribution in [2.24, 2.45) is 11.1 Å². The topological polar surface area (TPSA) is 93.9 Å². The first-order valence-electron chi connectivity index (χ1n) is 8.23. The molecule has 0 aromatic carbocycles. The highest BCUT2D eigenvalue weighted by atomic mass is 16.5. The molecule has 0 fully saturated rings. The zero-order valence-electron chi connectivity index (χ0n) is 14.3. The number of hydrogen-bond donors (Lipinski definition) is 1. The van der Waals surface area contributed by atoms with Crippen LogP contribution in [-0.4, -0.2) is 15.6 Å². The molecule has 0 radical (unpaired) electrons. The predicted octanol–water partition coefficient (Wildman–Crippen LogP) is 2.74. The van der Waals surface area contributed by atoms with Gasteiger partial charge in [0.2, 0.25) is 5.88 Å². The van der Waals surface area contributed by atoms with Crippen LogP contribution < -0.4 is 5.73 Å². The van der Waals surface area contributed by atoms with Crippen molar-refractivity contribution < 1.29 is 9.53 Å². The minimum absolute atomic E-state index is 0.0238. The van der Waals surface area contributed by atoms with Crippen LogP contribution in [-0.2, 0) is 16.1 Å². The second-order valence-electron chi connectivity index (χ2n) is 7.18. The SMILES string of the molecule is CCCn1nccc1C1C(C#N)=C(N)OC2=C1C(=O)CC(C)(C)C2. The standard InChI is InChI=1S/C18H22N4O2/c1-4-7-22-12(5-6-21-22)15-11(10-19)17(20)24-14-9-18(2,3)8-13(23)16(14)15/h5-6,15H,4,7-9,20H2,1-3H3. The number of rotatable bonds is 3. The van der Waals surface area contributed by atoms with E-state index in [1.165, 1.54) is 0 Å². The van der Waals surface area contributed by atoms with Crippen molar-refractivity contribution >= 4 is 5.78 Å². The molecule has 6 heteroatoms. The number of ketones is 1. The summed E-state index contributed by atoms with van der Waals surface area (Å²) in [7, 11) is 0. The van der Waals surface area contributed by atoms with Crippen molar-refractivity contribution in [1.82, 2.24) is 9.78 Å². The zero-order chi connectivity index (χ0) is 17.5. The molecule has 1 aromatic rings. The lowest BCUT2D eigenvalue weighted by molar-refractivity contribution is -0.119. The lowest BCUT2D eigenvalue weighted by atomic mass is 9.71. The summed E-state index contributed by atoms with van der Waals surface area (Å²) >= 11 is 0. The Hall–Kier alpha value is -2.55. The van der Waals surface area contributed by atoms with Gasteiger partial charge in [0.15, 0.2) is 5.78 Å². The second kappa shape index (κ2) is 5.82. The molecule has 6 nitrogen and oxygen atoms in total. The molecule has 3 rings (SSSR count). The molecule has 2 N–H and O–H groups in total. The number of carbonyl (C=O) groups is 1. The monoisotopic (exact) mass is 326 g/mol. The number of carbonyl (C=O) groups excluding carboxylic acids is 1. The molecule has 1 atom stereocenters. The normalized spacial score (nSPS) is 22.9. The molecule has 0 saturated carbocycles. The maximum absolute atomic E-state index is 12.8. The molecule has 0 bridgehead atoms. The molecular weight excluding hydrogens is 304 g/mol. The van der Waals surface area contributed by atoms with Gasteiger partial charge in [0.25, 0.3) is 0 Å². The van der Waals surface area contributed by atoms with Crippen LogP contribution in [0.2, 0.25) is 0 Å². The van der Waals surface area contributed by atoms with Gasteiger partial charge in [-0.25, -0.2) is 0 Å². The number of Topliss-reactive ketones (excluding diaryl/α,β-unsaturated/α-hetero) is 1. The second-order valence-corrected chi connectivity index (χ2v) is 7.18. The van der Waals surface area contributed by atoms with Crippen LogP contribution in [0.1, 0.15) is 51.6 Å². The number of aromatic nitrogens is 2. The summed E-state index contributed by atoms with van der Waals surface area (Å²) in [4.78, 5) is 12.8. The molecule has 2 aliphatic rings. The van der Waals surface area contributed by atoms with Gasteiger partial charge >= 0.3 is 0 Å². The van der Waals surface area contributed by atoms with Gasteiger partial charge in [-0.1, -0.05) is 20.8 Å². The van der Waals surface area contributed by atoms with Gasteiger partial charge in [0.05, 0.1) is 11.6 Å². The van der Waals surface area contributed by atoms with Crippen molar-refractivity contribution in [1.29, 1.82) is 5.26 Å². The van der Waals surface area contributed by atoms with E-state index in [4.69, 9.17) is 10.5 Å². The number of nitrogens with zero attached hydrogens (tertiary/aromatic N) is 3. The van der Waals surface area contributed by atoms with Crippen LogP contribution in [0, 0.1) is 16.7 Å². The largest absolute Gasteiger partial charge is 0.444 e. The summed E-state index contributed by atoms with van der Waals surface area (Å²) in [5.41, 5.74) is 7.52. The zero-order valence-corrected chi connectivity index (χ0v) is 14.3. The third-order valence-corrected chi connectivity index (χ3v) is 4.56. The predicted molar refractivity (Wildman–Crippen MR) is 88.2 cm³/mol. The van der Waals surface area contributed by atoms with E-state index < -0.39 is 5.92 Å². The van der Waals surface area contributed by atoms with E-state index in [9.17, 15) is 10.1 Å². The summed E-state index contributed by atoms with van der Waals surface area (Å²) in [6.07, 6.45) is 3.67. The van der Waals surface area contributed by atoms with Crippen LogP contribution in [0.5, 0.6) is 0 Å². The molecular formula is C18H22N4O2. The van der Waals surface area contributed by atoms with Gasteiger partial charge in [-0.3, -0.25) is 9.48 Å². The van der Waals surface area contributed by atoms with Crippen LogP contribution >= 0.6 is 0 Å². The minimum atomic E-state index is -0.489. The molecule has 126 valence electrons. The summed E-state index contributed by atoms with van der Waals surface area (Å²) in [6.45, 7) is 6.85. The molecule has 24 heavy (non-hydrogen) atoms. The first-order chi connectivity index (χ1) is 11.4. The van der Waals surface area contributed by atoms with Crippen molar-refractivity contribution in [3.63, 3.8) is 0 Å². The van der Waals surface area contributed by atoms with Crippen molar-refractivity contribution in [2.75, 3.05) is 0 Å². The lowest BCUT2D eigenvalue weighted by Gasteiger charge is -2.37. The summed E-state index contributed by atoms with van der Waals surface area (Å²) < 4.78 is 7.54. The quantitative estimate of drug-likeness (QED) is 0.921. The molecule has 1 aliphatic carbocycles. The number of nitriles is 1. The van der Waals surface area contributed by atoms with E-state index in [1.807, 2.05) is 24.6 Å². The molecule has 0 spiro atoms. The van der Waals surface area contributed by atoms with Crippen molar-refractivity contribution in [3.8, 4) is 6.07 Å². The van der Waals surface area contributed by atoms with Crippen LogP contribution in [0.3, 0.4) is 0 Å². The molecule has 2 heterocycles. The molecule has 1 unspecified atom stereocenters. The summed E-state index contributed by atoms with van der Waals surface area (Å²) in [5.74, 6) is 0.227. The fourth-order valence-electron chi connectivity index (χ4n) is 3.57. The summed E-state index contributed by atoms with van der Waals surface area (Å²) in [5, 5.41) is 13.9. The first kappa shape index (κ1) is 16.3. The fourth-order valence-corrected chi connectivity index (χ4v) is 3.57. The van der Waals surface area contributed by atoms with Crippen molar-refractivity contribution in [2.45, 2.75) is 52.5 Å². The van der Waals surface area contributed by atoms with Gasteiger partial charge in [0.1, 0.15) is 17.4 Å². The molecule has 0 saturated heterocycles. The van der Waals surface area contributed by atoms with Gasteiger partial charge < -0.3 is 10.5 Å². The Bertz CT molecular complexity index is 792. The molecule has 1 aromatic heterocycles. The Morgan fingerprint density at radius 2 is 2.25 bits per heavy atom. The first-order valence-corrected chi connectivity index (χ1v) is 8.23. The van der Waals surface area contributed by atoms with E-state index in [0.717, 1.165) is 18.7 Å². The van der Waals surface area contributed by atoms with Crippen LogP contribution in [0.15, 0.2) is 35.1 Å². The number of allylic oxidation sites excluding steroid dienone is 3. The van der Waals surface area contributed by atoms with Crippen LogP contribution in [0.4, 0.5) is 0 Å². The Labute approximate surface area is 141 Å². The smallest absolute Gasteiger partial charge is 0.205 e. The van der Waals surface area contributed by atoms with Crippen molar-refractivity contribution in [3.05, 3.63) is 40.7 Å². The minimum Gasteiger partial charge on any atom is -0.444 e. The van der Waals surface area contributed by atoms with Crippen LogP contribution in [0.25, 0.3) is 0 Å². The number of ether oxygens (including phenoxy) is 1. The highest BCUT2D eigenvalue weighted by Gasteiger charge is 2.43. The van der Waals surface area contributed by atoms with Gasteiger partial charge in [-0.05, 0) is 17.9 Å². The van der Waals surface area contributed by atoms with Gasteiger partial charge in [-0.15, -0.1) is 0 Å². The molecule has 0 amide bonds. The number of nitrogens with two attached hydrogens (primary N) is 1. The Morgan fingerprint density at radius 1 is 1.50 bits per heavy atom. The average Bonchev–Trinajstić information content (AvgIpc) is 2.92. The Kier molecular flexibility index (Phi) is 3.96. The summed E-state index contributed by atoms with van der Waals surface area (Å²) in [6, 6.07) is 3.99. The molecule has 1 aliphatic heterocycles. The Balaban J connectivity index is 2.17. The van der Waals surface area contributed by atoms with E-state index in [0.29, 0.717) is 29.7 Å². The highest BCUT2D eigenvalue weighted by molar-refractivity contribution is 5.99. The Morgan fingerprint density at radius 3 is 2.92 bits per heavy atom. The maximum atomic E-state index is 12.8.